The van der Waals surface area contributed by atoms with Crippen molar-refractivity contribution in [3.63, 3.8) is 0 Å². The fraction of sp³-hybridized carbons (Fsp3) is 0.417. The highest BCUT2D eigenvalue weighted by atomic mass is 19.3. The van der Waals surface area contributed by atoms with E-state index < -0.39 is 6.43 Å². The zero-order valence-corrected chi connectivity index (χ0v) is 9.91. The third-order valence-corrected chi connectivity index (χ3v) is 2.42. The Morgan fingerprint density at radius 1 is 1.47 bits per heavy atom. The van der Waals surface area contributed by atoms with Crippen LogP contribution in [-0.2, 0) is 11.4 Å². The van der Waals surface area contributed by atoms with E-state index in [-0.39, 0.29) is 12.2 Å². The Kier molecular flexibility index (Phi) is 4.87. The Morgan fingerprint density at radius 3 is 2.76 bits per heavy atom. The molecular formula is C12H16F2N2O. The van der Waals surface area contributed by atoms with Crippen LogP contribution in [0.3, 0.4) is 0 Å². The van der Waals surface area contributed by atoms with Crippen LogP contribution in [0.4, 0.5) is 14.5 Å². The summed E-state index contributed by atoms with van der Waals surface area (Å²) in [5.41, 5.74) is 6.95. The molecule has 0 unspecified atom stereocenters. The van der Waals surface area contributed by atoms with Crippen LogP contribution in [-0.4, -0.2) is 5.71 Å². The number of nitrogens with zero attached hydrogens (tertiary/aromatic N) is 1. The number of nitrogen functional groups attached to an aromatic ring is 1. The minimum absolute atomic E-state index is 0.0380. The van der Waals surface area contributed by atoms with Crippen LogP contribution in [0, 0.1) is 0 Å². The number of benzene rings is 1. The molecule has 0 spiro atoms. The summed E-state index contributed by atoms with van der Waals surface area (Å²) < 4.78 is 25.4. The average molecular weight is 242 g/mol. The number of oxime groups is 1. The van der Waals surface area contributed by atoms with Gasteiger partial charge in [0.25, 0.3) is 6.43 Å². The first-order valence-electron chi connectivity index (χ1n) is 5.37. The van der Waals surface area contributed by atoms with Crippen LogP contribution in [0.1, 0.15) is 37.8 Å². The maximum Gasteiger partial charge on any atom is 0.264 e. The van der Waals surface area contributed by atoms with Crippen molar-refractivity contribution in [3.8, 4) is 0 Å². The second kappa shape index (κ2) is 6.18. The summed E-state index contributed by atoms with van der Waals surface area (Å²) in [6.45, 7) is 3.70. The summed E-state index contributed by atoms with van der Waals surface area (Å²) in [4.78, 5) is 5.02. The minimum Gasteiger partial charge on any atom is -0.398 e. The maximum atomic E-state index is 12.7. The van der Waals surface area contributed by atoms with Gasteiger partial charge in [-0.3, -0.25) is 0 Å². The molecule has 0 atom stereocenters. The fourth-order valence-electron chi connectivity index (χ4n) is 1.27. The summed E-state index contributed by atoms with van der Waals surface area (Å²) >= 11 is 0. The van der Waals surface area contributed by atoms with Gasteiger partial charge in [0.15, 0.2) is 0 Å². The monoisotopic (exact) mass is 242 g/mol. The third-order valence-electron chi connectivity index (χ3n) is 2.42. The van der Waals surface area contributed by atoms with Crippen molar-refractivity contribution in [1.82, 2.24) is 0 Å². The Hall–Kier alpha value is -1.65. The van der Waals surface area contributed by atoms with Gasteiger partial charge in [0.05, 0.1) is 5.71 Å². The second-order valence-electron chi connectivity index (χ2n) is 3.67. The zero-order valence-electron chi connectivity index (χ0n) is 9.91. The highest BCUT2D eigenvalue weighted by molar-refractivity contribution is 5.80. The van der Waals surface area contributed by atoms with E-state index >= 15 is 0 Å². The van der Waals surface area contributed by atoms with Gasteiger partial charge in [0, 0.05) is 16.8 Å². The van der Waals surface area contributed by atoms with Crippen molar-refractivity contribution in [2.45, 2.75) is 33.3 Å². The van der Waals surface area contributed by atoms with E-state index in [1.807, 2.05) is 13.8 Å². The normalized spacial score (nSPS) is 11.9. The molecule has 5 heteroatoms. The van der Waals surface area contributed by atoms with Crippen LogP contribution in [0.2, 0.25) is 0 Å². The molecule has 17 heavy (non-hydrogen) atoms. The van der Waals surface area contributed by atoms with Gasteiger partial charge in [0.1, 0.15) is 6.61 Å². The molecular weight excluding hydrogens is 226 g/mol. The molecule has 0 bridgehead atoms. The van der Waals surface area contributed by atoms with Crippen LogP contribution in [0.5, 0.6) is 0 Å². The van der Waals surface area contributed by atoms with E-state index in [0.717, 1.165) is 12.1 Å². The molecule has 0 fully saturated rings. The third kappa shape index (κ3) is 3.69. The zero-order chi connectivity index (χ0) is 12.8. The van der Waals surface area contributed by atoms with E-state index in [1.54, 1.807) is 6.07 Å². The summed E-state index contributed by atoms with van der Waals surface area (Å²) in [6.07, 6.45) is -1.81. The van der Waals surface area contributed by atoms with Crippen molar-refractivity contribution in [2.24, 2.45) is 5.16 Å². The average Bonchev–Trinajstić information content (AvgIpc) is 2.30. The number of rotatable bonds is 5. The van der Waals surface area contributed by atoms with Crippen LogP contribution < -0.4 is 5.73 Å². The van der Waals surface area contributed by atoms with Gasteiger partial charge < -0.3 is 10.6 Å². The van der Waals surface area contributed by atoms with Crippen molar-refractivity contribution in [2.75, 3.05) is 5.73 Å². The van der Waals surface area contributed by atoms with E-state index in [4.69, 9.17) is 10.6 Å². The molecule has 0 amide bonds. The molecule has 0 aliphatic rings. The molecule has 0 heterocycles. The summed E-state index contributed by atoms with van der Waals surface area (Å²) in [6, 6.07) is 4.41. The number of halogens is 2. The van der Waals surface area contributed by atoms with E-state index in [0.29, 0.717) is 11.3 Å². The summed E-state index contributed by atoms with van der Waals surface area (Å²) in [7, 11) is 0. The second-order valence-corrected chi connectivity index (χ2v) is 3.67. The smallest absolute Gasteiger partial charge is 0.264 e. The molecule has 0 radical (unpaired) electrons. The number of hydrogen-bond donors (Lipinski definition) is 1. The molecule has 1 aromatic carbocycles. The van der Waals surface area contributed by atoms with E-state index in [2.05, 4.69) is 5.16 Å². The van der Waals surface area contributed by atoms with Crippen LogP contribution in [0.25, 0.3) is 0 Å². The fourth-order valence-corrected chi connectivity index (χ4v) is 1.27. The van der Waals surface area contributed by atoms with Gasteiger partial charge in [0.2, 0.25) is 0 Å². The van der Waals surface area contributed by atoms with Gasteiger partial charge in [-0.05, 0) is 19.4 Å². The maximum absolute atomic E-state index is 12.7. The van der Waals surface area contributed by atoms with Crippen molar-refractivity contribution < 1.29 is 13.6 Å². The first kappa shape index (κ1) is 13.4. The first-order valence-corrected chi connectivity index (χ1v) is 5.37. The van der Waals surface area contributed by atoms with E-state index in [9.17, 15) is 8.78 Å². The number of alkyl halides is 2. The van der Waals surface area contributed by atoms with Crippen molar-refractivity contribution in [1.29, 1.82) is 0 Å². The molecule has 0 aromatic heterocycles. The number of hydrogen-bond acceptors (Lipinski definition) is 3. The van der Waals surface area contributed by atoms with Gasteiger partial charge in [-0.1, -0.05) is 24.2 Å². The molecule has 0 saturated carbocycles. The molecule has 3 nitrogen and oxygen atoms in total. The molecule has 0 saturated heterocycles. The Labute approximate surface area is 99.3 Å². The Balaban J connectivity index is 2.83. The predicted octanol–water partition coefficient (Wildman–Crippen LogP) is 3.51. The summed E-state index contributed by atoms with van der Waals surface area (Å²) in [5.74, 6) is 0. The van der Waals surface area contributed by atoms with Crippen molar-refractivity contribution in [3.05, 3.63) is 29.3 Å². The standard InChI is InChI=1S/C12H16F2N2O/c1-3-8(2)16-17-7-10-9(12(13)14)5-4-6-11(10)15/h4-6,12H,3,7,15H2,1-2H3. The van der Waals surface area contributed by atoms with Gasteiger partial charge >= 0.3 is 0 Å². The Bertz CT molecular complexity index is 405. The highest BCUT2D eigenvalue weighted by Gasteiger charge is 2.15. The minimum atomic E-state index is -2.56. The SMILES string of the molecule is CCC(C)=NOCc1c(N)cccc1C(F)F. The van der Waals surface area contributed by atoms with Gasteiger partial charge in [-0.25, -0.2) is 8.78 Å². The molecule has 0 aliphatic carbocycles. The van der Waals surface area contributed by atoms with Crippen LogP contribution in [0.15, 0.2) is 23.4 Å². The topological polar surface area (TPSA) is 47.6 Å². The lowest BCUT2D eigenvalue weighted by Gasteiger charge is -2.10. The number of nitrogens with two attached hydrogens (primary N) is 1. The molecule has 2 N–H and O–H groups in total. The highest BCUT2D eigenvalue weighted by Crippen LogP contribution is 2.27. The largest absolute Gasteiger partial charge is 0.398 e. The molecule has 1 rings (SSSR count). The van der Waals surface area contributed by atoms with Crippen LogP contribution >= 0.6 is 0 Å². The van der Waals surface area contributed by atoms with Gasteiger partial charge in [-0.15, -0.1) is 0 Å². The predicted molar refractivity (Wildman–Crippen MR) is 64.0 cm³/mol. The quantitative estimate of drug-likeness (QED) is 0.488. The molecule has 0 aliphatic heterocycles. The van der Waals surface area contributed by atoms with Crippen molar-refractivity contribution >= 4 is 11.4 Å². The van der Waals surface area contributed by atoms with Gasteiger partial charge in [-0.2, -0.15) is 0 Å². The lowest BCUT2D eigenvalue weighted by molar-refractivity contribution is 0.118. The number of anilines is 1. The Morgan fingerprint density at radius 2 is 2.18 bits per heavy atom. The lowest BCUT2D eigenvalue weighted by atomic mass is 10.1. The van der Waals surface area contributed by atoms with E-state index in [1.165, 1.54) is 12.1 Å². The molecule has 94 valence electrons. The summed E-state index contributed by atoms with van der Waals surface area (Å²) in [5, 5.41) is 3.80. The lowest BCUT2D eigenvalue weighted by Crippen LogP contribution is -2.02. The first-order chi connectivity index (χ1) is 8.06. The molecule has 1 aromatic rings.